The maximum atomic E-state index is 13.3. The molecule has 0 aliphatic rings. The van der Waals surface area contributed by atoms with Gasteiger partial charge >= 0.3 is 11.9 Å². The molecule has 1 aromatic carbocycles. The summed E-state index contributed by atoms with van der Waals surface area (Å²) >= 11 is 0. The van der Waals surface area contributed by atoms with Crippen LogP contribution in [-0.2, 0) is 30.4 Å². The molecule has 0 saturated heterocycles. The van der Waals surface area contributed by atoms with E-state index in [9.17, 15) is 34.2 Å². The quantitative estimate of drug-likeness (QED) is 0.0549. The lowest BCUT2D eigenvalue weighted by atomic mass is 10.0. The van der Waals surface area contributed by atoms with Gasteiger partial charge in [-0.3, -0.25) is 24.2 Å². The third-order valence-electron chi connectivity index (χ3n) is 5.55. The van der Waals surface area contributed by atoms with Gasteiger partial charge in [0.2, 0.25) is 17.7 Å². The first-order valence-corrected chi connectivity index (χ1v) is 12.2. The van der Waals surface area contributed by atoms with E-state index in [1.807, 2.05) is 0 Å². The molecule has 0 radical (unpaired) electrons. The minimum absolute atomic E-state index is 0.0304. The molecule has 0 spiro atoms. The Kier molecular flexibility index (Phi) is 13.9. The number of carboxylic acid groups (broad SMARTS) is 2. The Labute approximate surface area is 225 Å². The number of carboxylic acids is 2. The van der Waals surface area contributed by atoms with Crippen molar-refractivity contribution in [2.24, 2.45) is 22.2 Å². The number of rotatable bonds is 17. The smallest absolute Gasteiger partial charge is 0.328 e. The highest BCUT2D eigenvalue weighted by Crippen LogP contribution is 2.07. The molecule has 15 nitrogen and oxygen atoms in total. The number of guanidine groups is 1. The van der Waals surface area contributed by atoms with Crippen LogP contribution in [0.25, 0.3) is 0 Å². The summed E-state index contributed by atoms with van der Waals surface area (Å²) in [4.78, 5) is 65.0. The van der Waals surface area contributed by atoms with Gasteiger partial charge in [0.05, 0.1) is 12.1 Å². The molecule has 5 atom stereocenters. The van der Waals surface area contributed by atoms with Gasteiger partial charge in [0.1, 0.15) is 12.1 Å². The van der Waals surface area contributed by atoms with Crippen molar-refractivity contribution in [2.45, 2.75) is 69.3 Å². The lowest BCUT2D eigenvalue weighted by Gasteiger charge is -2.26. The molecule has 0 fully saturated rings. The first-order chi connectivity index (χ1) is 18.3. The Balaban J connectivity index is 3.14. The van der Waals surface area contributed by atoms with Crippen molar-refractivity contribution < 1.29 is 39.3 Å². The molecule has 39 heavy (non-hydrogen) atoms. The Morgan fingerprint density at radius 1 is 0.897 bits per heavy atom. The van der Waals surface area contributed by atoms with Crippen LogP contribution in [0.2, 0.25) is 0 Å². The van der Waals surface area contributed by atoms with Crippen molar-refractivity contribution in [3.8, 4) is 0 Å². The lowest BCUT2D eigenvalue weighted by Crippen LogP contribution is -2.58. The summed E-state index contributed by atoms with van der Waals surface area (Å²) in [6.07, 6.45) is -1.70. The van der Waals surface area contributed by atoms with E-state index >= 15 is 0 Å². The van der Waals surface area contributed by atoms with Crippen molar-refractivity contribution in [3.05, 3.63) is 35.9 Å². The molecular formula is C24H37N7O8. The maximum absolute atomic E-state index is 13.3. The zero-order valence-electron chi connectivity index (χ0n) is 21.6. The SMILES string of the molecule is CC(O)C(NC(=O)C(Cc1ccccc1)NC(=O)C(CCCN=C(N)N)NC(=O)C(N)CCC(=O)O)C(=O)O. The molecule has 1 rings (SSSR count). The Bertz CT molecular complexity index is 1010. The number of carbonyl (C=O) groups excluding carboxylic acids is 3. The average Bonchev–Trinajstić information content (AvgIpc) is 2.86. The van der Waals surface area contributed by atoms with Gasteiger partial charge in [0.15, 0.2) is 12.0 Å². The highest BCUT2D eigenvalue weighted by molar-refractivity contribution is 5.94. The van der Waals surface area contributed by atoms with Crippen LogP contribution >= 0.6 is 0 Å². The van der Waals surface area contributed by atoms with Crippen LogP contribution in [0, 0.1) is 0 Å². The van der Waals surface area contributed by atoms with E-state index in [-0.39, 0.29) is 44.6 Å². The number of aliphatic imine (C=N–C) groups is 1. The van der Waals surface area contributed by atoms with Gasteiger partial charge in [-0.15, -0.1) is 0 Å². The second-order valence-electron chi connectivity index (χ2n) is 8.86. The number of nitrogens with one attached hydrogen (secondary N) is 3. The molecule has 3 amide bonds. The van der Waals surface area contributed by atoms with Crippen LogP contribution in [0.5, 0.6) is 0 Å². The first kappa shape index (κ1) is 32.8. The van der Waals surface area contributed by atoms with Crippen LogP contribution in [-0.4, -0.2) is 87.8 Å². The van der Waals surface area contributed by atoms with E-state index in [1.165, 1.54) is 6.92 Å². The van der Waals surface area contributed by atoms with Gasteiger partial charge in [0, 0.05) is 19.4 Å². The number of hydrogen-bond donors (Lipinski definition) is 9. The van der Waals surface area contributed by atoms with Gasteiger partial charge in [0.25, 0.3) is 0 Å². The molecule has 0 bridgehead atoms. The molecular weight excluding hydrogens is 514 g/mol. The zero-order valence-corrected chi connectivity index (χ0v) is 21.6. The maximum Gasteiger partial charge on any atom is 0.328 e. The first-order valence-electron chi connectivity index (χ1n) is 12.2. The number of amides is 3. The second kappa shape index (κ2) is 16.6. The highest BCUT2D eigenvalue weighted by atomic mass is 16.4. The Morgan fingerprint density at radius 3 is 2.03 bits per heavy atom. The fraction of sp³-hybridized carbons (Fsp3) is 0.500. The van der Waals surface area contributed by atoms with Gasteiger partial charge in [-0.2, -0.15) is 0 Å². The number of aliphatic carboxylic acids is 2. The van der Waals surface area contributed by atoms with Crippen molar-refractivity contribution in [3.63, 3.8) is 0 Å². The van der Waals surface area contributed by atoms with Crippen LogP contribution in [0.4, 0.5) is 0 Å². The van der Waals surface area contributed by atoms with E-state index in [0.717, 1.165) is 0 Å². The summed E-state index contributed by atoms with van der Waals surface area (Å²) in [7, 11) is 0. The summed E-state index contributed by atoms with van der Waals surface area (Å²) in [5.74, 6) is -5.20. The molecule has 0 aromatic heterocycles. The van der Waals surface area contributed by atoms with Crippen molar-refractivity contribution in [1.29, 1.82) is 0 Å². The Hall–Kier alpha value is -4.24. The average molecular weight is 552 g/mol. The van der Waals surface area contributed by atoms with E-state index < -0.39 is 59.9 Å². The lowest BCUT2D eigenvalue weighted by molar-refractivity contribution is -0.145. The van der Waals surface area contributed by atoms with Crippen LogP contribution in [0.15, 0.2) is 35.3 Å². The van der Waals surface area contributed by atoms with Crippen molar-refractivity contribution in [2.75, 3.05) is 6.54 Å². The highest BCUT2D eigenvalue weighted by Gasteiger charge is 2.32. The molecule has 0 aliphatic heterocycles. The number of aliphatic hydroxyl groups is 1. The topological polar surface area (TPSA) is 273 Å². The molecule has 0 aliphatic carbocycles. The predicted molar refractivity (Wildman–Crippen MR) is 140 cm³/mol. The molecule has 1 aromatic rings. The monoisotopic (exact) mass is 551 g/mol. The van der Waals surface area contributed by atoms with Crippen molar-refractivity contribution >= 4 is 35.6 Å². The van der Waals surface area contributed by atoms with Gasteiger partial charge < -0.3 is 48.5 Å². The van der Waals surface area contributed by atoms with Crippen LogP contribution in [0.1, 0.15) is 38.2 Å². The van der Waals surface area contributed by atoms with Gasteiger partial charge in [-0.25, -0.2) is 4.79 Å². The summed E-state index contributed by atoms with van der Waals surface area (Å²) in [5.41, 5.74) is 17.0. The predicted octanol–water partition coefficient (Wildman–Crippen LogP) is -2.61. The normalized spacial score (nSPS) is 14.5. The number of nitrogens with zero attached hydrogens (tertiary/aromatic N) is 1. The number of hydrogen-bond acceptors (Lipinski definition) is 8. The number of aliphatic hydroxyl groups excluding tert-OH is 1. The van der Waals surface area contributed by atoms with Gasteiger partial charge in [-0.05, 0) is 31.7 Å². The fourth-order valence-electron chi connectivity index (χ4n) is 3.44. The van der Waals surface area contributed by atoms with E-state index in [0.29, 0.717) is 5.56 Å². The Morgan fingerprint density at radius 2 is 1.49 bits per heavy atom. The van der Waals surface area contributed by atoms with Crippen molar-refractivity contribution in [1.82, 2.24) is 16.0 Å². The van der Waals surface area contributed by atoms with Crippen LogP contribution in [0.3, 0.4) is 0 Å². The summed E-state index contributed by atoms with van der Waals surface area (Å²) in [5, 5.41) is 35.1. The molecule has 12 N–H and O–H groups in total. The third kappa shape index (κ3) is 12.7. The van der Waals surface area contributed by atoms with E-state index in [2.05, 4.69) is 20.9 Å². The standard InChI is InChI=1S/C24H37N7O8/c1-13(32)19(23(38)39)31-22(37)17(12-14-6-3-2-4-7-14)30-21(36)16(8-5-11-28-24(26)27)29-20(35)15(25)9-10-18(33)34/h2-4,6-7,13,15-17,19,32H,5,8-12,25H2,1H3,(H,29,35)(H,30,36)(H,31,37)(H,33,34)(H,38,39)(H4,26,27,28). The zero-order chi connectivity index (χ0) is 29.5. The third-order valence-corrected chi connectivity index (χ3v) is 5.55. The summed E-state index contributed by atoms with van der Waals surface area (Å²) in [6.45, 7) is 1.33. The van der Waals surface area contributed by atoms with Crippen LogP contribution < -0.4 is 33.2 Å². The largest absolute Gasteiger partial charge is 0.481 e. The number of carbonyl (C=O) groups is 5. The second-order valence-corrected chi connectivity index (χ2v) is 8.86. The molecule has 216 valence electrons. The number of benzene rings is 1. The molecule has 5 unspecified atom stereocenters. The molecule has 0 saturated carbocycles. The minimum atomic E-state index is -1.63. The minimum Gasteiger partial charge on any atom is -0.481 e. The summed E-state index contributed by atoms with van der Waals surface area (Å²) < 4.78 is 0. The van der Waals surface area contributed by atoms with E-state index in [1.54, 1.807) is 30.3 Å². The molecule has 0 heterocycles. The number of nitrogens with two attached hydrogens (primary N) is 3. The fourth-order valence-corrected chi connectivity index (χ4v) is 3.44. The summed E-state index contributed by atoms with van der Waals surface area (Å²) in [6, 6.07) is 3.26. The van der Waals surface area contributed by atoms with Gasteiger partial charge in [-0.1, -0.05) is 30.3 Å². The van der Waals surface area contributed by atoms with E-state index in [4.69, 9.17) is 22.3 Å². The molecule has 15 heteroatoms.